The lowest BCUT2D eigenvalue weighted by atomic mass is 9.85. The summed E-state index contributed by atoms with van der Waals surface area (Å²) in [7, 11) is 0. The number of fused-ring (bicyclic) bond motifs is 2. The SMILES string of the molecule is N#Cc1cccc(CN2CCC3(CC2)OCc2c3c(=O)n(C[C@H](N)c3ccccc3)c(=O)n2Cc2c(F)cccc2C(F)(F)F)c1F. The molecule has 13 heteroatoms. The van der Waals surface area contributed by atoms with Crippen LogP contribution >= 0.6 is 0 Å². The molecule has 2 N–H and O–H groups in total. The van der Waals surface area contributed by atoms with Crippen LogP contribution in [0.2, 0.25) is 0 Å². The molecule has 0 amide bonds. The number of ether oxygens (including phenoxy) is 1. The maximum absolute atomic E-state index is 15.0. The number of hydrogen-bond donors (Lipinski definition) is 1. The second-order valence-corrected chi connectivity index (χ2v) is 11.8. The first-order chi connectivity index (χ1) is 22.4. The van der Waals surface area contributed by atoms with Crippen molar-refractivity contribution in [1.82, 2.24) is 14.0 Å². The summed E-state index contributed by atoms with van der Waals surface area (Å²) in [6, 6.07) is 16.9. The van der Waals surface area contributed by atoms with E-state index in [0.29, 0.717) is 24.2 Å². The molecule has 2 aliphatic heterocycles. The molecule has 0 unspecified atom stereocenters. The zero-order valence-corrected chi connectivity index (χ0v) is 25.1. The molecule has 4 aromatic rings. The Labute approximate surface area is 266 Å². The largest absolute Gasteiger partial charge is 0.416 e. The van der Waals surface area contributed by atoms with E-state index in [0.717, 1.165) is 27.3 Å². The fourth-order valence-electron chi connectivity index (χ4n) is 6.59. The third kappa shape index (κ3) is 6.00. The fourth-order valence-corrected chi connectivity index (χ4v) is 6.59. The maximum Gasteiger partial charge on any atom is 0.416 e. The minimum atomic E-state index is -4.90. The molecule has 8 nitrogen and oxygen atoms in total. The highest BCUT2D eigenvalue weighted by Gasteiger charge is 2.47. The van der Waals surface area contributed by atoms with Crippen LogP contribution in [-0.2, 0) is 42.8 Å². The molecule has 0 aliphatic carbocycles. The third-order valence-corrected chi connectivity index (χ3v) is 9.08. The van der Waals surface area contributed by atoms with Crippen LogP contribution in [0.15, 0.2) is 76.3 Å². The number of nitrogens with two attached hydrogens (primary N) is 1. The lowest BCUT2D eigenvalue weighted by molar-refractivity contribution is -0.138. The Bertz CT molecular complexity index is 1980. The summed E-state index contributed by atoms with van der Waals surface area (Å²) in [5, 5.41) is 9.19. The summed E-state index contributed by atoms with van der Waals surface area (Å²) in [4.78, 5) is 30.1. The smallest absolute Gasteiger partial charge is 0.364 e. The Morgan fingerprint density at radius 1 is 0.936 bits per heavy atom. The van der Waals surface area contributed by atoms with Crippen molar-refractivity contribution < 1.29 is 26.7 Å². The van der Waals surface area contributed by atoms with Crippen LogP contribution in [0, 0.1) is 23.0 Å². The van der Waals surface area contributed by atoms with Gasteiger partial charge < -0.3 is 10.5 Å². The van der Waals surface area contributed by atoms with Crippen LogP contribution in [-0.4, -0.2) is 27.1 Å². The van der Waals surface area contributed by atoms with Gasteiger partial charge in [-0.3, -0.25) is 18.8 Å². The average Bonchev–Trinajstić information content (AvgIpc) is 3.42. The molecule has 3 heterocycles. The number of halogens is 5. The molecule has 0 radical (unpaired) electrons. The van der Waals surface area contributed by atoms with Gasteiger partial charge in [0.25, 0.3) is 5.56 Å². The Morgan fingerprint density at radius 2 is 1.64 bits per heavy atom. The molecule has 1 atom stereocenters. The lowest BCUT2D eigenvalue weighted by Crippen LogP contribution is -2.49. The quantitative estimate of drug-likeness (QED) is 0.284. The second kappa shape index (κ2) is 12.5. The van der Waals surface area contributed by atoms with Gasteiger partial charge in [0.1, 0.15) is 23.3 Å². The van der Waals surface area contributed by atoms with E-state index >= 15 is 4.39 Å². The van der Waals surface area contributed by atoms with Crippen molar-refractivity contribution in [2.75, 3.05) is 13.1 Å². The van der Waals surface area contributed by atoms with E-state index in [1.165, 1.54) is 6.07 Å². The molecule has 47 heavy (non-hydrogen) atoms. The van der Waals surface area contributed by atoms with Gasteiger partial charge in [-0.25, -0.2) is 13.6 Å². The summed E-state index contributed by atoms with van der Waals surface area (Å²) < 4.78 is 79.8. The Balaban J connectivity index is 1.41. The first-order valence-corrected chi connectivity index (χ1v) is 15.0. The molecule has 0 bridgehead atoms. The number of piperidine rings is 1. The zero-order chi connectivity index (χ0) is 33.5. The maximum atomic E-state index is 15.0. The lowest BCUT2D eigenvalue weighted by Gasteiger charge is -2.39. The molecular formula is C34H30F5N5O3. The number of alkyl halides is 3. The molecule has 1 saturated heterocycles. The van der Waals surface area contributed by atoms with Gasteiger partial charge in [-0.15, -0.1) is 0 Å². The predicted octanol–water partition coefficient (Wildman–Crippen LogP) is 4.95. The monoisotopic (exact) mass is 651 g/mol. The van der Waals surface area contributed by atoms with E-state index in [9.17, 15) is 32.4 Å². The van der Waals surface area contributed by atoms with Gasteiger partial charge in [-0.2, -0.15) is 18.4 Å². The highest BCUT2D eigenvalue weighted by atomic mass is 19.4. The number of hydrogen-bond acceptors (Lipinski definition) is 6. The highest BCUT2D eigenvalue weighted by Crippen LogP contribution is 2.43. The van der Waals surface area contributed by atoms with Crippen molar-refractivity contribution in [1.29, 1.82) is 5.26 Å². The molecule has 1 aromatic heterocycles. The van der Waals surface area contributed by atoms with Crippen molar-refractivity contribution in [3.05, 3.63) is 138 Å². The van der Waals surface area contributed by atoms with Gasteiger partial charge in [0.15, 0.2) is 0 Å². The molecule has 3 aromatic carbocycles. The molecule has 1 fully saturated rings. The molecular weight excluding hydrogens is 621 g/mol. The first-order valence-electron chi connectivity index (χ1n) is 15.0. The number of aromatic nitrogens is 2. The van der Waals surface area contributed by atoms with Crippen LogP contribution in [0.5, 0.6) is 0 Å². The number of nitrogens with zero attached hydrogens (tertiary/aromatic N) is 4. The van der Waals surface area contributed by atoms with E-state index in [4.69, 9.17) is 10.5 Å². The van der Waals surface area contributed by atoms with Crippen molar-refractivity contribution in [2.45, 2.75) is 56.9 Å². The van der Waals surface area contributed by atoms with E-state index in [-0.39, 0.29) is 49.4 Å². The normalized spacial score (nSPS) is 16.6. The van der Waals surface area contributed by atoms with Crippen molar-refractivity contribution in [3.63, 3.8) is 0 Å². The number of likely N-dealkylation sites (tertiary alicyclic amines) is 1. The fraction of sp³-hybridized carbons (Fsp3) is 0.324. The van der Waals surface area contributed by atoms with E-state index in [1.807, 2.05) is 11.0 Å². The molecule has 244 valence electrons. The van der Waals surface area contributed by atoms with Crippen molar-refractivity contribution >= 4 is 0 Å². The Morgan fingerprint density at radius 3 is 2.32 bits per heavy atom. The molecule has 2 aliphatic rings. The van der Waals surface area contributed by atoms with E-state index in [1.54, 1.807) is 42.5 Å². The molecule has 6 rings (SSSR count). The summed E-state index contributed by atoms with van der Waals surface area (Å²) in [5.41, 5.74) is 2.76. The van der Waals surface area contributed by atoms with E-state index in [2.05, 4.69) is 0 Å². The highest BCUT2D eigenvalue weighted by molar-refractivity contribution is 5.36. The van der Waals surface area contributed by atoms with Gasteiger partial charge in [-0.1, -0.05) is 48.5 Å². The summed E-state index contributed by atoms with van der Waals surface area (Å²) in [6.07, 6.45) is -4.39. The van der Waals surface area contributed by atoms with Gasteiger partial charge in [-0.05, 0) is 36.6 Å². The van der Waals surface area contributed by atoms with Crippen molar-refractivity contribution in [2.24, 2.45) is 5.73 Å². The molecule has 1 spiro atoms. The van der Waals surface area contributed by atoms with Crippen LogP contribution < -0.4 is 17.0 Å². The van der Waals surface area contributed by atoms with Crippen LogP contribution in [0.1, 0.15) is 58.0 Å². The van der Waals surface area contributed by atoms with Crippen LogP contribution in [0.3, 0.4) is 0 Å². The zero-order valence-electron chi connectivity index (χ0n) is 25.1. The number of nitriles is 1. The van der Waals surface area contributed by atoms with Gasteiger partial charge in [0.2, 0.25) is 0 Å². The average molecular weight is 652 g/mol. The van der Waals surface area contributed by atoms with Crippen LogP contribution in [0.4, 0.5) is 22.0 Å². The van der Waals surface area contributed by atoms with Gasteiger partial charge >= 0.3 is 11.9 Å². The Hall–Kier alpha value is -4.64. The number of benzene rings is 3. The summed E-state index contributed by atoms with van der Waals surface area (Å²) in [5.74, 6) is -1.75. The Kier molecular flexibility index (Phi) is 8.61. The van der Waals surface area contributed by atoms with Crippen LogP contribution in [0.25, 0.3) is 0 Å². The van der Waals surface area contributed by atoms with Gasteiger partial charge in [0.05, 0.1) is 42.1 Å². The molecule has 0 saturated carbocycles. The third-order valence-electron chi connectivity index (χ3n) is 9.08. The summed E-state index contributed by atoms with van der Waals surface area (Å²) in [6.45, 7) is -0.418. The van der Waals surface area contributed by atoms with Crippen molar-refractivity contribution in [3.8, 4) is 6.07 Å². The van der Waals surface area contributed by atoms with E-state index < -0.39 is 58.4 Å². The minimum Gasteiger partial charge on any atom is -0.364 e. The number of rotatable bonds is 7. The summed E-state index contributed by atoms with van der Waals surface area (Å²) >= 11 is 0. The standard InChI is InChI=1S/C34H30F5N5O3/c35-26-11-5-10-25(34(37,38)39)24(26)18-43-28-20-47-33(12-14-42(15-13-33)17-23-9-4-8-22(16-40)30(23)36)29(28)31(45)44(32(43)46)19-27(41)21-6-2-1-3-7-21/h1-11,27H,12-15,17-20,41H2/t27-/m0/s1. The topological polar surface area (TPSA) is 106 Å². The van der Waals surface area contributed by atoms with Gasteiger partial charge in [0, 0.05) is 36.8 Å². The first kappa shape index (κ1) is 32.3. The second-order valence-electron chi connectivity index (χ2n) is 11.8. The predicted molar refractivity (Wildman–Crippen MR) is 161 cm³/mol. The minimum absolute atomic E-state index is 0.0696.